The number of aliphatic hydroxyl groups is 1. The molecule has 2 nitrogen and oxygen atoms in total. The van der Waals surface area contributed by atoms with Crippen LogP contribution in [0.2, 0.25) is 0 Å². The van der Waals surface area contributed by atoms with Crippen LogP contribution in [0.1, 0.15) is 20.8 Å². The summed E-state index contributed by atoms with van der Waals surface area (Å²) in [6.45, 7) is 8.25. The van der Waals surface area contributed by atoms with Crippen LogP contribution in [0.5, 0.6) is 0 Å². The van der Waals surface area contributed by atoms with Gasteiger partial charge in [-0.3, -0.25) is 0 Å². The smallest absolute Gasteiger partial charge is 0.0709 e. The number of hydrogen-bond acceptors (Lipinski definition) is 2. The first-order valence-electron chi connectivity index (χ1n) is 3.90. The third-order valence-electron chi connectivity index (χ3n) is 2.29. The zero-order chi connectivity index (χ0) is 7.78. The Bertz CT molecular complexity index is 117. The Hall–Kier alpha value is -0.0800. The van der Waals surface area contributed by atoms with Gasteiger partial charge in [-0.2, -0.15) is 0 Å². The summed E-state index contributed by atoms with van der Waals surface area (Å²) in [5.41, 5.74) is 0.239. The lowest BCUT2D eigenvalue weighted by Gasteiger charge is -2.28. The predicted molar refractivity (Wildman–Crippen MR) is 41.8 cm³/mol. The van der Waals surface area contributed by atoms with E-state index in [1.807, 2.05) is 0 Å². The van der Waals surface area contributed by atoms with Crippen LogP contribution in [0.3, 0.4) is 0 Å². The minimum Gasteiger partial charge on any atom is -0.391 e. The average molecular weight is 143 g/mol. The second kappa shape index (κ2) is 2.51. The monoisotopic (exact) mass is 143 g/mol. The Morgan fingerprint density at radius 1 is 1.30 bits per heavy atom. The molecule has 2 N–H and O–H groups in total. The van der Waals surface area contributed by atoms with Crippen LogP contribution in [0.4, 0.5) is 0 Å². The minimum atomic E-state index is -0.139. The molecule has 0 aliphatic carbocycles. The number of hydrogen-bond donors (Lipinski definition) is 2. The van der Waals surface area contributed by atoms with Crippen LogP contribution < -0.4 is 5.32 Å². The van der Waals surface area contributed by atoms with Crippen molar-refractivity contribution in [1.82, 2.24) is 5.32 Å². The van der Waals surface area contributed by atoms with Gasteiger partial charge in [0, 0.05) is 19.0 Å². The van der Waals surface area contributed by atoms with Crippen molar-refractivity contribution < 1.29 is 5.11 Å². The molecule has 1 aliphatic heterocycles. The molecular formula is C8H17NO. The van der Waals surface area contributed by atoms with Crippen molar-refractivity contribution in [2.24, 2.45) is 11.3 Å². The van der Waals surface area contributed by atoms with E-state index in [-0.39, 0.29) is 11.5 Å². The quantitative estimate of drug-likeness (QED) is 0.521. The zero-order valence-electron chi connectivity index (χ0n) is 7.02. The van der Waals surface area contributed by atoms with E-state index in [0.29, 0.717) is 5.92 Å². The van der Waals surface area contributed by atoms with E-state index in [0.717, 1.165) is 13.1 Å². The molecule has 1 aliphatic rings. The van der Waals surface area contributed by atoms with Crippen molar-refractivity contribution in [3.05, 3.63) is 0 Å². The van der Waals surface area contributed by atoms with E-state index in [9.17, 15) is 5.11 Å². The summed E-state index contributed by atoms with van der Waals surface area (Å²) in [7, 11) is 0. The molecule has 1 rings (SSSR count). The molecule has 0 aromatic rings. The molecule has 2 atom stereocenters. The summed E-state index contributed by atoms with van der Waals surface area (Å²) in [6.07, 6.45) is -0.139. The van der Waals surface area contributed by atoms with E-state index in [2.05, 4.69) is 26.1 Å². The highest BCUT2D eigenvalue weighted by Crippen LogP contribution is 2.30. The van der Waals surface area contributed by atoms with Gasteiger partial charge in [-0.05, 0) is 5.41 Å². The highest BCUT2D eigenvalue weighted by molar-refractivity contribution is 4.88. The van der Waals surface area contributed by atoms with Gasteiger partial charge in [0.25, 0.3) is 0 Å². The summed E-state index contributed by atoms with van der Waals surface area (Å²) < 4.78 is 0. The van der Waals surface area contributed by atoms with Crippen LogP contribution in [-0.4, -0.2) is 24.3 Å². The lowest BCUT2D eigenvalue weighted by atomic mass is 9.79. The van der Waals surface area contributed by atoms with Crippen LogP contribution in [0.15, 0.2) is 0 Å². The first kappa shape index (κ1) is 8.02. The third kappa shape index (κ3) is 1.50. The van der Waals surface area contributed by atoms with E-state index in [1.54, 1.807) is 0 Å². The molecular weight excluding hydrogens is 126 g/mol. The molecule has 0 amide bonds. The summed E-state index contributed by atoms with van der Waals surface area (Å²) >= 11 is 0. The van der Waals surface area contributed by atoms with Crippen molar-refractivity contribution in [3.8, 4) is 0 Å². The van der Waals surface area contributed by atoms with Crippen LogP contribution >= 0.6 is 0 Å². The molecule has 1 fully saturated rings. The van der Waals surface area contributed by atoms with E-state index >= 15 is 0 Å². The fraction of sp³-hybridized carbons (Fsp3) is 1.00. The molecule has 0 bridgehead atoms. The lowest BCUT2D eigenvalue weighted by Crippen LogP contribution is -2.30. The predicted octanol–water partition coefficient (Wildman–Crippen LogP) is 0.613. The Balaban J connectivity index is 2.55. The normalized spacial score (nSPS) is 34.8. The minimum absolute atomic E-state index is 0.139. The molecule has 0 unspecified atom stereocenters. The second-order valence-corrected chi connectivity index (χ2v) is 4.20. The molecule has 0 saturated carbocycles. The van der Waals surface area contributed by atoms with Crippen molar-refractivity contribution >= 4 is 0 Å². The Labute approximate surface area is 62.6 Å². The topological polar surface area (TPSA) is 32.3 Å². The second-order valence-electron chi connectivity index (χ2n) is 4.20. The highest BCUT2D eigenvalue weighted by atomic mass is 16.3. The lowest BCUT2D eigenvalue weighted by molar-refractivity contribution is 0.0828. The van der Waals surface area contributed by atoms with Gasteiger partial charge in [0.2, 0.25) is 0 Å². The number of aliphatic hydroxyl groups excluding tert-OH is 1. The molecule has 0 aromatic heterocycles. The standard InChI is InChI=1S/C8H17NO/c1-8(2,3)6-4-9-5-7(6)10/h6-7,9-10H,4-5H2,1-3H3/t6-,7-/m1/s1. The average Bonchev–Trinajstić information content (AvgIpc) is 2.11. The van der Waals surface area contributed by atoms with E-state index in [1.165, 1.54) is 0 Å². The van der Waals surface area contributed by atoms with Crippen molar-refractivity contribution in [2.75, 3.05) is 13.1 Å². The number of rotatable bonds is 0. The fourth-order valence-electron chi connectivity index (χ4n) is 1.55. The molecule has 0 aromatic carbocycles. The third-order valence-corrected chi connectivity index (χ3v) is 2.29. The van der Waals surface area contributed by atoms with Gasteiger partial charge in [-0.25, -0.2) is 0 Å². The Morgan fingerprint density at radius 2 is 1.90 bits per heavy atom. The Kier molecular flexibility index (Phi) is 2.02. The summed E-state index contributed by atoms with van der Waals surface area (Å²) in [4.78, 5) is 0. The first-order chi connectivity index (χ1) is 4.52. The van der Waals surface area contributed by atoms with E-state index < -0.39 is 0 Å². The summed E-state index contributed by atoms with van der Waals surface area (Å²) in [6, 6.07) is 0. The van der Waals surface area contributed by atoms with Crippen molar-refractivity contribution in [3.63, 3.8) is 0 Å². The number of β-amino-alcohol motifs (C(OH)–C–C–N with tert-alkyl or cyclic N) is 1. The SMILES string of the molecule is CC(C)(C)[C@@H]1CNC[C@H]1O. The van der Waals surface area contributed by atoms with Gasteiger partial charge in [-0.15, -0.1) is 0 Å². The van der Waals surface area contributed by atoms with Crippen molar-refractivity contribution in [1.29, 1.82) is 0 Å². The molecule has 1 heterocycles. The maximum atomic E-state index is 9.46. The van der Waals surface area contributed by atoms with Crippen molar-refractivity contribution in [2.45, 2.75) is 26.9 Å². The van der Waals surface area contributed by atoms with Gasteiger partial charge in [-0.1, -0.05) is 20.8 Å². The fourth-order valence-corrected chi connectivity index (χ4v) is 1.55. The van der Waals surface area contributed by atoms with Gasteiger partial charge >= 0.3 is 0 Å². The van der Waals surface area contributed by atoms with Crippen LogP contribution in [-0.2, 0) is 0 Å². The van der Waals surface area contributed by atoms with Gasteiger partial charge in [0.05, 0.1) is 6.10 Å². The molecule has 1 saturated heterocycles. The maximum absolute atomic E-state index is 9.46. The molecule has 0 radical (unpaired) electrons. The molecule has 60 valence electrons. The largest absolute Gasteiger partial charge is 0.391 e. The Morgan fingerprint density at radius 3 is 2.10 bits per heavy atom. The van der Waals surface area contributed by atoms with E-state index in [4.69, 9.17) is 0 Å². The maximum Gasteiger partial charge on any atom is 0.0709 e. The zero-order valence-corrected chi connectivity index (χ0v) is 7.02. The first-order valence-corrected chi connectivity index (χ1v) is 3.90. The van der Waals surface area contributed by atoms with Gasteiger partial charge in [0.15, 0.2) is 0 Å². The highest BCUT2D eigenvalue weighted by Gasteiger charge is 2.34. The molecule has 2 heteroatoms. The summed E-state index contributed by atoms with van der Waals surface area (Å²) in [5.74, 6) is 0.424. The number of nitrogens with one attached hydrogen (secondary N) is 1. The molecule has 0 spiro atoms. The van der Waals surface area contributed by atoms with Crippen LogP contribution in [0, 0.1) is 11.3 Å². The summed E-state index contributed by atoms with van der Waals surface area (Å²) in [5, 5.41) is 12.6. The van der Waals surface area contributed by atoms with Crippen LogP contribution in [0.25, 0.3) is 0 Å². The van der Waals surface area contributed by atoms with Gasteiger partial charge < -0.3 is 10.4 Å². The van der Waals surface area contributed by atoms with Gasteiger partial charge in [0.1, 0.15) is 0 Å². The molecule has 10 heavy (non-hydrogen) atoms.